The Morgan fingerprint density at radius 1 is 0.468 bits per heavy atom. The monoisotopic (exact) mass is 872 g/mol. The second kappa shape index (κ2) is 29.1. The third-order valence-corrected chi connectivity index (χ3v) is 4.84. The molecule has 30 heteroatoms. The number of aromatic nitrogens is 2. The molecule has 2 radical (unpaired) electrons. The maximum absolute atomic E-state index is 8.49. The van der Waals surface area contributed by atoms with E-state index in [-0.39, 0.29) is 34.1 Å². The van der Waals surface area contributed by atoms with Gasteiger partial charge in [-0.1, -0.05) is 0 Å². The molecule has 2 saturated heterocycles. The molecule has 288 valence electrons. The molecule has 24 nitrogen and oxygen atoms in total. The first-order valence-electron chi connectivity index (χ1n) is 12.2. The van der Waals surface area contributed by atoms with Gasteiger partial charge in [-0.3, -0.25) is 14.9 Å². The summed E-state index contributed by atoms with van der Waals surface area (Å²) in [5.74, 6) is 0. The van der Waals surface area contributed by atoms with Crippen molar-refractivity contribution in [2.75, 3.05) is 78.5 Å². The molecule has 5 N–H and O–H groups in total. The molecule has 1 aromatic rings. The summed E-state index contributed by atoms with van der Waals surface area (Å²) in [6.45, 7) is 14.6. The predicted molar refractivity (Wildman–Crippen MR) is 101 cm³/mol. The van der Waals surface area contributed by atoms with Crippen molar-refractivity contribution in [3.8, 4) is 0 Å². The second-order valence-electron chi connectivity index (χ2n) is 8.45. The minimum Gasteiger partial charge on any atom is -0.314 e. The first-order chi connectivity index (χ1) is 20.4. The number of H-pyrrole nitrogens is 1. The van der Waals surface area contributed by atoms with Crippen LogP contribution in [0.3, 0.4) is 0 Å². The van der Waals surface area contributed by atoms with E-state index < -0.39 is 41.0 Å². The van der Waals surface area contributed by atoms with E-state index in [0.717, 1.165) is 97.3 Å². The normalized spacial score (nSPS) is 17.4. The fraction of sp³-hybridized carbons (Fsp3) is 0.824. The molecule has 0 aromatic carbocycles. The molecule has 2 aliphatic heterocycles. The summed E-state index contributed by atoms with van der Waals surface area (Å²) >= 11 is 0. The molecule has 0 atom stereocenters. The predicted octanol–water partition coefficient (Wildman–Crippen LogP) is -20.6. The van der Waals surface area contributed by atoms with Crippen molar-refractivity contribution >= 4 is 0 Å². The van der Waals surface area contributed by atoms with Crippen LogP contribution in [-0.4, -0.2) is 98.5 Å². The summed E-state index contributed by atoms with van der Waals surface area (Å²) in [6.07, 6.45) is 0. The van der Waals surface area contributed by atoms with Gasteiger partial charge in [-0.25, -0.2) is 74.5 Å². The van der Waals surface area contributed by atoms with E-state index in [2.05, 4.69) is 47.3 Å². The average Bonchev–Trinajstić information content (AvgIpc) is 3.31. The van der Waals surface area contributed by atoms with E-state index in [0.29, 0.717) is 0 Å². The zero-order valence-corrected chi connectivity index (χ0v) is 28.9. The van der Waals surface area contributed by atoms with E-state index in [1.165, 1.54) is 5.69 Å². The van der Waals surface area contributed by atoms with Gasteiger partial charge in [0.25, 0.3) is 0 Å². The second-order valence-corrected chi connectivity index (χ2v) is 11.5. The van der Waals surface area contributed by atoms with Crippen molar-refractivity contribution in [3.05, 3.63) is 17.5 Å². The number of nitrogens with one attached hydrogen (secondary N) is 5. The van der Waals surface area contributed by atoms with Gasteiger partial charge in [0.05, 0.1) is 5.69 Å². The summed E-state index contributed by atoms with van der Waals surface area (Å²) < 4.78 is 136. The van der Waals surface area contributed by atoms with Crippen LogP contribution in [0.25, 0.3) is 0 Å². The fourth-order valence-corrected chi connectivity index (χ4v) is 3.38. The summed E-state index contributed by atoms with van der Waals surface area (Å²) in [5, 5.41) is 21.7. The van der Waals surface area contributed by atoms with Crippen LogP contribution >= 0.6 is 0 Å². The van der Waals surface area contributed by atoms with Crippen molar-refractivity contribution in [1.82, 2.24) is 41.3 Å². The van der Waals surface area contributed by atoms with Gasteiger partial charge in [-0.2, -0.15) is 5.10 Å². The molecule has 2 fully saturated rings. The number of nitrogens with zero attached hydrogens (tertiary/aromatic N) is 3. The molecule has 47 heavy (non-hydrogen) atoms. The third-order valence-electron chi connectivity index (χ3n) is 4.84. The average molecular weight is 875 g/mol. The Hall–Kier alpha value is 0.529. The molecule has 0 aliphatic carbocycles. The Kier molecular flexibility index (Phi) is 33.7. The van der Waals surface area contributed by atoms with Gasteiger partial charge < -0.3 is 21.3 Å². The van der Waals surface area contributed by atoms with Crippen molar-refractivity contribution in [2.24, 2.45) is 0 Å². The van der Waals surface area contributed by atoms with Gasteiger partial charge in [-0.15, -0.1) is 41.0 Å². The maximum atomic E-state index is 8.49. The zero-order valence-electron chi connectivity index (χ0n) is 24.0. The number of hydrogen-bond acceptors (Lipinski definition) is 23. The topological polar surface area (TPSA) is 452 Å². The Balaban J connectivity index is -0.000000346. The summed E-state index contributed by atoms with van der Waals surface area (Å²) in [4.78, 5) is 4.95. The fourth-order valence-electron chi connectivity index (χ4n) is 3.38. The summed E-state index contributed by atoms with van der Waals surface area (Å²) in [7, 11) is -19.8. The van der Waals surface area contributed by atoms with E-state index >= 15 is 0 Å². The molecule has 2 aliphatic rings. The van der Waals surface area contributed by atoms with Crippen LogP contribution in [0.1, 0.15) is 11.4 Å². The largest absolute Gasteiger partial charge is 2.00 e. The quantitative estimate of drug-likeness (QED) is 0.175. The van der Waals surface area contributed by atoms with Gasteiger partial charge in [0.2, 0.25) is 0 Å². The third kappa shape index (κ3) is 59.0. The first kappa shape index (κ1) is 54.3. The van der Waals surface area contributed by atoms with Crippen LogP contribution in [0.4, 0.5) is 0 Å². The van der Waals surface area contributed by atoms with Gasteiger partial charge in [0.15, 0.2) is 0 Å². The Labute approximate surface area is 298 Å². The Morgan fingerprint density at radius 2 is 0.723 bits per heavy atom. The molecule has 0 unspecified atom stereocenters. The number of hydrogen-bond donors (Lipinski definition) is 5. The molecule has 3 rings (SSSR count). The number of halogens is 4. The molecule has 3 heterocycles. The van der Waals surface area contributed by atoms with Crippen LogP contribution in [0.5, 0.6) is 0 Å². The molecule has 0 spiro atoms. The van der Waals surface area contributed by atoms with E-state index in [1.54, 1.807) is 0 Å². The summed E-state index contributed by atoms with van der Waals surface area (Å²) in [5.41, 5.74) is 2.37. The molecule has 0 amide bonds. The Bertz CT molecular complexity index is 724. The van der Waals surface area contributed by atoms with E-state index in [4.69, 9.17) is 74.5 Å². The van der Waals surface area contributed by atoms with Crippen LogP contribution in [0, 0.1) is 41.0 Å². The molecule has 0 bridgehead atoms. The van der Waals surface area contributed by atoms with E-state index in [9.17, 15) is 0 Å². The van der Waals surface area contributed by atoms with Crippen molar-refractivity contribution in [3.63, 3.8) is 0 Å². The van der Waals surface area contributed by atoms with Crippen molar-refractivity contribution in [2.45, 2.75) is 13.1 Å². The molecular weight excluding hydrogens is 841 g/mol. The number of aromatic amines is 1. The van der Waals surface area contributed by atoms with Gasteiger partial charge >= 0.3 is 34.1 Å². The number of rotatable bonds is 4. The molecular formula is C17H34Cl4Cu2N8O16. The van der Waals surface area contributed by atoms with Crippen molar-refractivity contribution in [1.29, 1.82) is 0 Å². The van der Waals surface area contributed by atoms with Gasteiger partial charge in [0, 0.05) is 97.3 Å². The van der Waals surface area contributed by atoms with Gasteiger partial charge in [0.1, 0.15) is 0 Å². The van der Waals surface area contributed by atoms with Crippen molar-refractivity contribution < 1.29 is 150 Å². The Morgan fingerprint density at radius 3 is 1.00 bits per heavy atom. The zero-order chi connectivity index (χ0) is 35.2. The minimum atomic E-state index is -4.94. The molecule has 0 saturated carbocycles. The van der Waals surface area contributed by atoms with Crippen LogP contribution in [-0.2, 0) is 47.2 Å². The standard InChI is InChI=1S/C17H34N8.4ClHO4.2Cu/c1-2-19-6-10-24(9-5-18-1)14-16-13-17(23-22-16)15-25-11-7-20-3-4-21-8-12-25;4*2-1(3,4)5;;/h13,18-21H,1-12,14-15H2,(H,22,23);4*(H,2,3,4,5);;/q;;;;;2*+2/p-4. The van der Waals surface area contributed by atoms with Crippen LogP contribution in [0.15, 0.2) is 6.07 Å². The molecule has 1 aromatic heterocycles. The SMILES string of the molecule is [Cu+2].[Cu+2].[O-][Cl+3]([O-])([O-])[O-].[O-][Cl+3]([O-])([O-])[O-].[O-][Cl+3]([O-])([O-])[O-].[O-][Cl+3]([O-])([O-])[O-].c1c(CN2CCNCCNCC2)n[nH]c1CN1CCNCCNCC1. The summed E-state index contributed by atoms with van der Waals surface area (Å²) in [6, 6.07) is 2.24. The minimum absolute atomic E-state index is 0. The smallest absolute Gasteiger partial charge is 0.314 e. The van der Waals surface area contributed by atoms with Crippen LogP contribution in [0.2, 0.25) is 0 Å². The first-order valence-corrected chi connectivity index (χ1v) is 17.1. The van der Waals surface area contributed by atoms with Crippen LogP contribution < -0.4 is 95.8 Å². The van der Waals surface area contributed by atoms with E-state index in [1.807, 2.05) is 0 Å². The maximum Gasteiger partial charge on any atom is 2.00 e. The van der Waals surface area contributed by atoms with Gasteiger partial charge in [-0.05, 0) is 6.07 Å².